The van der Waals surface area contributed by atoms with Crippen LogP contribution in [0.5, 0.6) is 11.5 Å². The average molecular weight is 270 g/mol. The van der Waals surface area contributed by atoms with Crippen LogP contribution in [0.1, 0.15) is 0 Å². The monoisotopic (exact) mass is 270 g/mol. The second-order valence-electron chi connectivity index (χ2n) is 3.28. The molecule has 0 unspecified atom stereocenters. The van der Waals surface area contributed by atoms with Crippen LogP contribution in [0.2, 0.25) is 0 Å². The normalized spacial score (nSPS) is 10.3. The van der Waals surface area contributed by atoms with E-state index in [0.717, 1.165) is 0 Å². The molecule has 0 atom stereocenters. The number of phosphoric acid groups is 1. The predicted molar refractivity (Wildman–Crippen MR) is 66.5 cm³/mol. The zero-order chi connectivity index (χ0) is 12.1. The molecule has 2 aromatic rings. The van der Waals surface area contributed by atoms with E-state index in [9.17, 15) is 9.46 Å². The lowest BCUT2D eigenvalue weighted by molar-refractivity contribution is 0.291. The lowest BCUT2D eigenvalue weighted by Gasteiger charge is -2.13. The van der Waals surface area contributed by atoms with Crippen LogP contribution in [0, 0.1) is 0 Å². The number of phosphoric ester groups is 1. The number of benzene rings is 2. The molecule has 96 valence electrons. The summed E-state index contributed by atoms with van der Waals surface area (Å²) in [6.45, 7) is 0. The molecule has 0 amide bonds. The fraction of sp³-hybridized carbons (Fsp3) is 0. The molecular weight excluding hydrogens is 258 g/mol. The third-order valence-electron chi connectivity index (χ3n) is 1.93. The van der Waals surface area contributed by atoms with Gasteiger partial charge in [0.1, 0.15) is 11.5 Å². The molecule has 4 nitrogen and oxygen atoms in total. The van der Waals surface area contributed by atoms with Gasteiger partial charge in [-0.1, -0.05) is 36.4 Å². The number of hydrogen-bond acceptors (Lipinski definition) is 3. The van der Waals surface area contributed by atoms with Gasteiger partial charge in [-0.15, -0.1) is 0 Å². The molecule has 0 heterocycles. The number of rotatable bonds is 4. The van der Waals surface area contributed by atoms with E-state index in [-0.39, 0.29) is 16.2 Å². The van der Waals surface area contributed by atoms with E-state index in [4.69, 9.17) is 9.05 Å². The highest BCUT2D eigenvalue weighted by Crippen LogP contribution is 2.43. The van der Waals surface area contributed by atoms with Crippen LogP contribution in [-0.2, 0) is 4.57 Å². The zero-order valence-corrected chi connectivity index (χ0v) is 10.2. The topological polar surface area (TPSA) is 55.8 Å². The summed E-state index contributed by atoms with van der Waals surface area (Å²) in [6, 6.07) is 16.7. The second kappa shape index (κ2) is 6.19. The highest BCUT2D eigenvalue weighted by Gasteiger charge is 2.24. The molecule has 0 radical (unpaired) electrons. The molecule has 18 heavy (non-hydrogen) atoms. The molecular formula is C12H12FO4P. The highest BCUT2D eigenvalue weighted by molar-refractivity contribution is 7.48. The van der Waals surface area contributed by atoms with Crippen molar-refractivity contribution in [2.45, 2.75) is 0 Å². The molecule has 0 aliphatic rings. The zero-order valence-electron chi connectivity index (χ0n) is 9.30. The summed E-state index contributed by atoms with van der Waals surface area (Å²) in [5.74, 6) is 0.573. The standard InChI is InChI=1S/C12H11O4P.FH/c13-17(14,15-11-7-3-1-4-8-11)16-12-9-5-2-6-10-12;/h1-10H,(H,13,14);1H. The Labute approximate surface area is 104 Å². The Kier molecular flexibility index (Phi) is 4.89. The van der Waals surface area contributed by atoms with Gasteiger partial charge in [-0.2, -0.15) is 0 Å². The first kappa shape index (κ1) is 14.2. The van der Waals surface area contributed by atoms with Crippen molar-refractivity contribution in [1.29, 1.82) is 0 Å². The minimum atomic E-state index is -4.14. The van der Waals surface area contributed by atoms with Gasteiger partial charge in [-0.25, -0.2) is 4.57 Å². The van der Waals surface area contributed by atoms with E-state index >= 15 is 0 Å². The van der Waals surface area contributed by atoms with Crippen LogP contribution in [0.3, 0.4) is 0 Å². The quantitative estimate of drug-likeness (QED) is 0.865. The maximum absolute atomic E-state index is 11.7. The van der Waals surface area contributed by atoms with E-state index in [1.807, 2.05) is 0 Å². The van der Waals surface area contributed by atoms with Crippen molar-refractivity contribution in [2.24, 2.45) is 0 Å². The first-order valence-corrected chi connectivity index (χ1v) is 6.47. The largest absolute Gasteiger partial charge is 0.584 e. The maximum atomic E-state index is 11.7. The highest BCUT2D eigenvalue weighted by atomic mass is 31.2. The first-order chi connectivity index (χ1) is 8.16. The lowest BCUT2D eigenvalue weighted by atomic mass is 10.3. The molecule has 0 aliphatic carbocycles. The molecule has 0 bridgehead atoms. The van der Waals surface area contributed by atoms with Gasteiger partial charge in [0.25, 0.3) is 0 Å². The molecule has 1 N–H and O–H groups in total. The summed E-state index contributed by atoms with van der Waals surface area (Å²) >= 11 is 0. The SMILES string of the molecule is F.O=P(O)(Oc1ccccc1)Oc1ccccc1. The molecule has 2 aromatic carbocycles. The van der Waals surface area contributed by atoms with Crippen molar-refractivity contribution >= 4 is 7.82 Å². The maximum Gasteiger partial charge on any atom is 0.584 e. The van der Waals surface area contributed by atoms with Gasteiger partial charge in [0, 0.05) is 0 Å². The van der Waals surface area contributed by atoms with Crippen molar-refractivity contribution in [3.63, 3.8) is 0 Å². The number of hydrogen-bond donors (Lipinski definition) is 1. The first-order valence-electron chi connectivity index (χ1n) is 4.98. The van der Waals surface area contributed by atoms with Crippen LogP contribution < -0.4 is 9.05 Å². The molecule has 0 saturated carbocycles. The molecule has 0 spiro atoms. The van der Waals surface area contributed by atoms with Crippen LogP contribution >= 0.6 is 7.82 Å². The fourth-order valence-electron chi connectivity index (χ4n) is 1.25. The second-order valence-corrected chi connectivity index (χ2v) is 4.58. The minimum absolute atomic E-state index is 0. The van der Waals surface area contributed by atoms with Gasteiger partial charge in [0.2, 0.25) is 0 Å². The van der Waals surface area contributed by atoms with Crippen molar-refractivity contribution in [1.82, 2.24) is 0 Å². The summed E-state index contributed by atoms with van der Waals surface area (Å²) in [7, 11) is -4.14. The Balaban J connectivity index is 0.00000162. The predicted octanol–water partition coefficient (Wildman–Crippen LogP) is 3.40. The molecule has 0 fully saturated rings. The van der Waals surface area contributed by atoms with E-state index < -0.39 is 7.82 Å². The van der Waals surface area contributed by atoms with Gasteiger partial charge >= 0.3 is 7.82 Å². The Morgan fingerprint density at radius 2 is 1.11 bits per heavy atom. The average Bonchev–Trinajstić information content (AvgIpc) is 2.30. The van der Waals surface area contributed by atoms with E-state index in [1.54, 1.807) is 60.7 Å². The van der Waals surface area contributed by atoms with Crippen LogP contribution in [0.25, 0.3) is 0 Å². The van der Waals surface area contributed by atoms with Gasteiger partial charge in [-0.05, 0) is 24.3 Å². The lowest BCUT2D eigenvalue weighted by Crippen LogP contribution is -1.99. The van der Waals surface area contributed by atoms with Crippen molar-refractivity contribution < 1.29 is 23.2 Å². The number of halogens is 1. The van der Waals surface area contributed by atoms with Crippen molar-refractivity contribution in [3.8, 4) is 11.5 Å². The van der Waals surface area contributed by atoms with Gasteiger partial charge in [0.15, 0.2) is 0 Å². The number of para-hydroxylation sites is 2. The Morgan fingerprint density at radius 1 is 0.778 bits per heavy atom. The van der Waals surface area contributed by atoms with E-state index in [0.29, 0.717) is 0 Å². The van der Waals surface area contributed by atoms with Gasteiger partial charge < -0.3 is 9.05 Å². The molecule has 6 heteroatoms. The molecule has 0 saturated heterocycles. The van der Waals surface area contributed by atoms with E-state index in [1.165, 1.54) is 0 Å². The van der Waals surface area contributed by atoms with E-state index in [2.05, 4.69) is 0 Å². The van der Waals surface area contributed by atoms with Gasteiger partial charge in [0.05, 0.1) is 0 Å². The summed E-state index contributed by atoms with van der Waals surface area (Å²) in [5, 5.41) is 0. The van der Waals surface area contributed by atoms with Crippen LogP contribution in [0.15, 0.2) is 60.7 Å². The third-order valence-corrected chi connectivity index (χ3v) is 2.81. The Morgan fingerprint density at radius 3 is 1.44 bits per heavy atom. The van der Waals surface area contributed by atoms with Crippen molar-refractivity contribution in [3.05, 3.63) is 60.7 Å². The molecule has 2 rings (SSSR count). The third kappa shape index (κ3) is 4.20. The fourth-order valence-corrected chi connectivity index (χ4v) is 2.06. The summed E-state index contributed by atoms with van der Waals surface area (Å²) < 4.78 is 21.5. The molecule has 0 aliphatic heterocycles. The smallest absolute Gasteiger partial charge is 0.395 e. The summed E-state index contributed by atoms with van der Waals surface area (Å²) in [5.41, 5.74) is 0. The van der Waals surface area contributed by atoms with Crippen LogP contribution in [-0.4, -0.2) is 4.89 Å². The Hall–Kier alpha value is -1.84. The Bertz CT molecular complexity index is 473. The van der Waals surface area contributed by atoms with Crippen LogP contribution in [0.4, 0.5) is 4.70 Å². The minimum Gasteiger partial charge on any atom is -0.395 e. The summed E-state index contributed by atoms with van der Waals surface area (Å²) in [4.78, 5) is 9.53. The van der Waals surface area contributed by atoms with Crippen molar-refractivity contribution in [2.75, 3.05) is 0 Å². The molecule has 0 aromatic heterocycles. The summed E-state index contributed by atoms with van der Waals surface area (Å²) in [6.07, 6.45) is 0. The van der Waals surface area contributed by atoms with Gasteiger partial charge in [-0.3, -0.25) is 9.60 Å².